The van der Waals surface area contributed by atoms with Crippen molar-refractivity contribution in [3.63, 3.8) is 0 Å². The monoisotopic (exact) mass is 1190 g/mol. The van der Waals surface area contributed by atoms with Crippen molar-refractivity contribution in [2.75, 3.05) is 52.5 Å². The summed E-state index contributed by atoms with van der Waals surface area (Å²) in [5.41, 5.74) is 4.76. The van der Waals surface area contributed by atoms with Crippen LogP contribution in [-0.2, 0) is 33.0 Å². The van der Waals surface area contributed by atoms with Gasteiger partial charge >= 0.3 is 43.3 Å². The lowest BCUT2D eigenvalue weighted by molar-refractivity contribution is 0.00578. The first-order valence-corrected chi connectivity index (χ1v) is 27.9. The van der Waals surface area contributed by atoms with E-state index < -0.39 is 22.8 Å². The average molecular weight is 1190 g/mol. The predicted octanol–water partition coefficient (Wildman–Crippen LogP) is 13.7. The lowest BCUT2D eigenvalue weighted by Gasteiger charge is -2.32. The molecule has 1 saturated heterocycles. The highest BCUT2D eigenvalue weighted by molar-refractivity contribution is 9.10. The van der Waals surface area contributed by atoms with E-state index >= 15 is 0 Å². The molecule has 1 N–H and O–H groups in total. The summed E-state index contributed by atoms with van der Waals surface area (Å²) in [5, 5.41) is 8.90. The smallest absolute Gasteiger partial charge is 0.478 e. The fraction of sp³-hybridized carbons (Fsp3) is 0.516. The van der Waals surface area contributed by atoms with Crippen LogP contribution in [0.3, 0.4) is 0 Å². The molecular weight excluding hydrogens is 1100 g/mol. The molecule has 4 aliphatic heterocycles. The van der Waals surface area contributed by atoms with Gasteiger partial charge in [-0.25, -0.2) is 28.8 Å². The predicted molar refractivity (Wildman–Crippen MR) is 320 cm³/mol. The molecule has 3 aromatic rings. The first-order chi connectivity index (χ1) is 37.2. The Morgan fingerprint density at radius 2 is 0.852 bits per heavy atom. The van der Waals surface area contributed by atoms with Crippen LogP contribution < -0.4 is 0 Å². The van der Waals surface area contributed by atoms with E-state index in [-0.39, 0.29) is 61.5 Å². The first-order valence-electron chi connectivity index (χ1n) is 27.1. The molecule has 0 bridgehead atoms. The number of ether oxygens (including phenoxy) is 5. The van der Waals surface area contributed by atoms with Crippen LogP contribution in [0.25, 0.3) is 11.1 Å². The lowest BCUT2D eigenvalue weighted by Crippen LogP contribution is -2.41. The summed E-state index contributed by atoms with van der Waals surface area (Å²) >= 11 is 3.28. The van der Waals surface area contributed by atoms with Crippen LogP contribution in [0.2, 0.25) is 0 Å². The molecule has 0 saturated carbocycles. The van der Waals surface area contributed by atoms with Gasteiger partial charge in [0.25, 0.3) is 0 Å². The highest BCUT2D eigenvalue weighted by Gasteiger charge is 2.52. The number of nitrogens with zero attached hydrogens (tertiary/aromatic N) is 3. The largest absolute Gasteiger partial charge is 0.490 e. The van der Waals surface area contributed by atoms with E-state index in [1.54, 1.807) is 77.1 Å². The molecule has 3 aromatic carbocycles. The molecule has 0 spiro atoms. The molecule has 3 amide bonds. The molecule has 0 aliphatic carbocycles. The topological polar surface area (TPSA) is 197 Å². The molecule has 0 unspecified atom stereocenters. The number of carboxylic acid groups (broad SMARTS) is 1. The van der Waals surface area contributed by atoms with E-state index in [9.17, 15) is 28.8 Å². The van der Waals surface area contributed by atoms with E-state index in [4.69, 9.17) is 38.1 Å². The number of carboxylic acids is 1. The van der Waals surface area contributed by atoms with E-state index in [0.29, 0.717) is 63.6 Å². The van der Waals surface area contributed by atoms with Crippen LogP contribution in [0.4, 0.5) is 14.4 Å². The van der Waals surface area contributed by atoms with Gasteiger partial charge in [0, 0.05) is 43.7 Å². The second-order valence-electron chi connectivity index (χ2n) is 23.3. The molecule has 4 heterocycles. The van der Waals surface area contributed by atoms with Crippen molar-refractivity contribution in [3.8, 4) is 0 Å². The second kappa shape index (κ2) is 30.0. The number of rotatable bonds is 8. The summed E-state index contributed by atoms with van der Waals surface area (Å²) in [5.74, 6) is -1.51. The molecule has 4 aliphatic rings. The van der Waals surface area contributed by atoms with E-state index in [1.165, 1.54) is 5.57 Å². The standard InChI is InChI=1S/C19H25NO4.C17H21NO4.C16H28BNO4.C9H9BrO2.CH4/c1-5-23-17(21)16-8-6-14(7-9-16)15-10-12-20(13-11-15)18(22)24-19(2,3)4;1-17(2,3)22-16(21)18-10-8-13(9-11-18)12-4-6-14(7-5-12)15(19)20;1-14(2,3)20-13(19)18-10-8-12(9-11-18)17-21-15(4,5)16(6,7)22-17;1-2-12-9(11)7-3-5-8(10)6-4-7;/h6-10H,5,11-13H2,1-4H3;4-8H,9-11H2,1-3H3,(H,19,20);8H,9-11H2,1-7H3;3-6H,2H2,1H3;1H4. The minimum atomic E-state index is -0.930. The van der Waals surface area contributed by atoms with Gasteiger partial charge in [-0.1, -0.05) is 65.9 Å². The fourth-order valence-corrected chi connectivity index (χ4v) is 8.16. The highest BCUT2D eigenvalue weighted by Crippen LogP contribution is 2.39. The molecule has 444 valence electrons. The van der Waals surface area contributed by atoms with Gasteiger partial charge in [0.05, 0.1) is 41.1 Å². The summed E-state index contributed by atoms with van der Waals surface area (Å²) < 4.78 is 39.0. The van der Waals surface area contributed by atoms with Gasteiger partial charge in [-0.05, 0) is 199 Å². The van der Waals surface area contributed by atoms with Gasteiger partial charge in [0.15, 0.2) is 0 Å². The van der Waals surface area contributed by atoms with Gasteiger partial charge in [0.1, 0.15) is 16.8 Å². The number of aromatic carboxylic acids is 1. The second-order valence-corrected chi connectivity index (χ2v) is 24.2. The zero-order chi connectivity index (χ0) is 59.8. The maximum Gasteiger partial charge on any atom is 0.490 e. The van der Waals surface area contributed by atoms with Gasteiger partial charge in [-0.3, -0.25) is 0 Å². The number of benzene rings is 3. The number of amides is 3. The number of esters is 2. The summed E-state index contributed by atoms with van der Waals surface area (Å²) in [6, 6.07) is 21.3. The van der Waals surface area contributed by atoms with E-state index in [0.717, 1.165) is 45.9 Å². The molecule has 0 radical (unpaired) electrons. The summed E-state index contributed by atoms with van der Waals surface area (Å²) in [4.78, 5) is 74.8. The molecule has 81 heavy (non-hydrogen) atoms. The zero-order valence-electron chi connectivity index (χ0n) is 49.5. The van der Waals surface area contributed by atoms with Crippen LogP contribution >= 0.6 is 15.9 Å². The summed E-state index contributed by atoms with van der Waals surface area (Å²) in [6.07, 6.45) is 7.43. The summed E-state index contributed by atoms with van der Waals surface area (Å²) in [7, 11) is -0.314. The third-order valence-electron chi connectivity index (χ3n) is 12.8. The molecule has 7 rings (SSSR count). The maximum atomic E-state index is 12.1. The Bertz CT molecular complexity index is 2680. The minimum absolute atomic E-state index is 0. The van der Waals surface area contributed by atoms with Gasteiger partial charge in [-0.2, -0.15) is 0 Å². The zero-order valence-corrected chi connectivity index (χ0v) is 51.1. The number of halogens is 1. The number of carbonyl (C=O) groups excluding carboxylic acids is 5. The Morgan fingerprint density at radius 1 is 0.531 bits per heavy atom. The number of carbonyl (C=O) groups is 6. The van der Waals surface area contributed by atoms with Crippen molar-refractivity contribution in [1.29, 1.82) is 0 Å². The third kappa shape index (κ3) is 22.4. The van der Waals surface area contributed by atoms with E-state index in [2.05, 4.69) is 15.9 Å². The SMILES string of the molecule is C.CC(C)(C)OC(=O)N1CC=C(B2OC(C)(C)C(C)(C)O2)CC1.CC(C)(C)OC(=O)N1CC=C(c2ccc(C(=O)O)cc2)CC1.CCOC(=O)c1ccc(Br)cc1.CCOC(=O)c1ccc(C2=CCN(C(=O)OC(C)(C)C)CC2)cc1. The minimum Gasteiger partial charge on any atom is -0.478 e. The average Bonchev–Trinajstić information content (AvgIpc) is 3.75. The van der Waals surface area contributed by atoms with Gasteiger partial charge < -0.3 is 52.8 Å². The van der Waals surface area contributed by atoms with Crippen molar-refractivity contribution in [2.45, 2.75) is 159 Å². The van der Waals surface area contributed by atoms with Crippen molar-refractivity contribution in [2.24, 2.45) is 0 Å². The third-order valence-corrected chi connectivity index (χ3v) is 13.3. The van der Waals surface area contributed by atoms with Crippen molar-refractivity contribution >= 4 is 70.4 Å². The van der Waals surface area contributed by atoms with Gasteiger partial charge in [0.2, 0.25) is 0 Å². The molecule has 19 heteroatoms. The van der Waals surface area contributed by atoms with Crippen LogP contribution in [0, 0.1) is 0 Å². The Labute approximate surface area is 489 Å². The highest BCUT2D eigenvalue weighted by atomic mass is 79.9. The molecule has 17 nitrogen and oxygen atoms in total. The first kappa shape index (κ1) is 68.8. The molecular formula is C62H87BBrN3O14. The van der Waals surface area contributed by atoms with Crippen LogP contribution in [0.15, 0.2) is 101 Å². The number of hydrogen-bond acceptors (Lipinski definition) is 13. The van der Waals surface area contributed by atoms with Crippen LogP contribution in [0.5, 0.6) is 0 Å². The van der Waals surface area contributed by atoms with Crippen molar-refractivity contribution in [3.05, 3.63) is 129 Å². The normalized spacial score (nSPS) is 16.5. The van der Waals surface area contributed by atoms with Crippen molar-refractivity contribution < 1.29 is 66.9 Å². The quantitative estimate of drug-likeness (QED) is 0.127. The fourth-order valence-electron chi connectivity index (χ4n) is 7.90. The Hall–Kier alpha value is -6.44. The number of hydrogen-bond donors (Lipinski definition) is 1. The Balaban J connectivity index is 0.000000289. The van der Waals surface area contributed by atoms with E-state index in [1.807, 2.05) is 133 Å². The summed E-state index contributed by atoms with van der Waals surface area (Å²) in [6.45, 7) is 32.7. The molecule has 0 atom stereocenters. The lowest BCUT2D eigenvalue weighted by atomic mass is 9.75. The molecule has 1 fully saturated rings. The van der Waals surface area contributed by atoms with Crippen LogP contribution in [-0.4, -0.2) is 144 Å². The van der Waals surface area contributed by atoms with Crippen LogP contribution in [0.1, 0.15) is 173 Å². The maximum absolute atomic E-state index is 12.1. The Kier molecular flexibility index (Phi) is 25.5. The van der Waals surface area contributed by atoms with Gasteiger partial charge in [-0.15, -0.1) is 0 Å². The molecule has 0 aromatic heterocycles. The van der Waals surface area contributed by atoms with Crippen molar-refractivity contribution in [1.82, 2.24) is 14.7 Å². The Morgan fingerprint density at radius 3 is 1.14 bits per heavy atom.